The molecule has 1 aromatic carbocycles. The molecule has 23 heavy (non-hydrogen) atoms. The van der Waals surface area contributed by atoms with Gasteiger partial charge in [-0.1, -0.05) is 24.6 Å². The van der Waals surface area contributed by atoms with Gasteiger partial charge in [-0.05, 0) is 50.9 Å². The third-order valence-corrected chi connectivity index (χ3v) is 4.18. The summed E-state index contributed by atoms with van der Waals surface area (Å²) >= 11 is 0. The molecule has 0 bridgehead atoms. The number of carbonyl (C=O) groups is 1. The summed E-state index contributed by atoms with van der Waals surface area (Å²) in [7, 11) is 3.65. The van der Waals surface area contributed by atoms with E-state index in [1.165, 1.54) is 12.1 Å². The maximum atomic E-state index is 12.8. The largest absolute Gasteiger partial charge is 0.416 e. The SMILES string of the molecule is CN(C)CC(=O)NC1CCCC(c2cccc(C(F)(F)F)c2)C1. The molecule has 0 saturated heterocycles. The van der Waals surface area contributed by atoms with Crippen LogP contribution in [0.2, 0.25) is 0 Å². The third kappa shape index (κ3) is 5.23. The Morgan fingerprint density at radius 2 is 2.04 bits per heavy atom. The topological polar surface area (TPSA) is 32.3 Å². The maximum absolute atomic E-state index is 12.8. The number of nitrogens with zero attached hydrogens (tertiary/aromatic N) is 1. The Hall–Kier alpha value is -1.56. The van der Waals surface area contributed by atoms with Gasteiger partial charge in [-0.15, -0.1) is 0 Å². The van der Waals surface area contributed by atoms with E-state index in [1.54, 1.807) is 11.0 Å². The molecular weight excluding hydrogens is 305 g/mol. The number of nitrogens with one attached hydrogen (secondary N) is 1. The second kappa shape index (κ2) is 7.34. The van der Waals surface area contributed by atoms with Gasteiger partial charge in [-0.25, -0.2) is 0 Å². The normalized spacial score (nSPS) is 22.2. The Morgan fingerprint density at radius 1 is 1.30 bits per heavy atom. The molecule has 0 aliphatic heterocycles. The zero-order valence-electron chi connectivity index (χ0n) is 13.5. The Labute approximate surface area is 134 Å². The summed E-state index contributed by atoms with van der Waals surface area (Å²) < 4.78 is 38.5. The molecule has 1 fully saturated rings. The number of hydrogen-bond acceptors (Lipinski definition) is 2. The van der Waals surface area contributed by atoms with E-state index in [2.05, 4.69) is 5.32 Å². The average Bonchev–Trinajstić information content (AvgIpc) is 2.46. The number of likely N-dealkylation sites (N-methyl/N-ethyl adjacent to an activating group) is 1. The van der Waals surface area contributed by atoms with E-state index in [1.807, 2.05) is 14.1 Å². The summed E-state index contributed by atoms with van der Waals surface area (Å²) in [5, 5.41) is 2.99. The highest BCUT2D eigenvalue weighted by atomic mass is 19.4. The van der Waals surface area contributed by atoms with Crippen LogP contribution in [0.1, 0.15) is 42.7 Å². The first kappa shape index (κ1) is 17.8. The van der Waals surface area contributed by atoms with Crippen LogP contribution in [0.4, 0.5) is 13.2 Å². The number of alkyl halides is 3. The molecule has 0 aromatic heterocycles. The smallest absolute Gasteiger partial charge is 0.352 e. The predicted octanol–water partition coefficient (Wildman–Crippen LogP) is 3.41. The lowest BCUT2D eigenvalue weighted by Crippen LogP contribution is -2.42. The monoisotopic (exact) mass is 328 g/mol. The van der Waals surface area contributed by atoms with Crippen molar-refractivity contribution in [3.05, 3.63) is 35.4 Å². The highest BCUT2D eigenvalue weighted by Crippen LogP contribution is 2.36. The maximum Gasteiger partial charge on any atom is 0.416 e. The van der Waals surface area contributed by atoms with Gasteiger partial charge < -0.3 is 10.2 Å². The summed E-state index contributed by atoms with van der Waals surface area (Å²) in [5.74, 6) is 0.0281. The van der Waals surface area contributed by atoms with Crippen molar-refractivity contribution in [1.82, 2.24) is 10.2 Å². The van der Waals surface area contributed by atoms with E-state index in [9.17, 15) is 18.0 Å². The summed E-state index contributed by atoms with van der Waals surface area (Å²) in [6.07, 6.45) is -0.964. The molecule has 1 N–H and O–H groups in total. The predicted molar refractivity (Wildman–Crippen MR) is 83.1 cm³/mol. The molecule has 1 aromatic rings. The second-order valence-electron chi connectivity index (χ2n) is 6.49. The van der Waals surface area contributed by atoms with Crippen molar-refractivity contribution in [2.75, 3.05) is 20.6 Å². The van der Waals surface area contributed by atoms with Crippen molar-refractivity contribution in [2.24, 2.45) is 0 Å². The first-order valence-electron chi connectivity index (χ1n) is 7.87. The summed E-state index contributed by atoms with van der Waals surface area (Å²) in [5.41, 5.74) is 0.111. The Balaban J connectivity index is 2.02. The standard InChI is InChI=1S/C17H23F3N2O/c1-22(2)11-16(23)21-15-8-4-6-13(10-15)12-5-3-7-14(9-12)17(18,19)20/h3,5,7,9,13,15H,4,6,8,10-11H2,1-2H3,(H,21,23). The van der Waals surface area contributed by atoms with Crippen molar-refractivity contribution < 1.29 is 18.0 Å². The fourth-order valence-electron chi connectivity index (χ4n) is 3.15. The van der Waals surface area contributed by atoms with E-state index in [0.29, 0.717) is 18.5 Å². The highest BCUT2D eigenvalue weighted by molar-refractivity contribution is 5.78. The van der Waals surface area contributed by atoms with Crippen LogP contribution in [-0.2, 0) is 11.0 Å². The van der Waals surface area contributed by atoms with Crippen LogP contribution in [0.3, 0.4) is 0 Å². The van der Waals surface area contributed by atoms with Gasteiger partial charge in [-0.2, -0.15) is 13.2 Å². The number of benzene rings is 1. The molecular formula is C17H23F3N2O. The van der Waals surface area contributed by atoms with Crippen LogP contribution in [-0.4, -0.2) is 37.5 Å². The van der Waals surface area contributed by atoms with Crippen LogP contribution >= 0.6 is 0 Å². The molecule has 1 aliphatic rings. The van der Waals surface area contributed by atoms with Crippen LogP contribution in [0.5, 0.6) is 0 Å². The summed E-state index contributed by atoms with van der Waals surface area (Å²) in [6.45, 7) is 0.324. The van der Waals surface area contributed by atoms with Gasteiger partial charge in [0.1, 0.15) is 0 Å². The van der Waals surface area contributed by atoms with Crippen LogP contribution in [0.15, 0.2) is 24.3 Å². The van der Waals surface area contributed by atoms with E-state index in [-0.39, 0.29) is 17.9 Å². The van der Waals surface area contributed by atoms with E-state index in [4.69, 9.17) is 0 Å². The van der Waals surface area contributed by atoms with Crippen molar-refractivity contribution in [1.29, 1.82) is 0 Å². The second-order valence-corrected chi connectivity index (χ2v) is 6.49. The molecule has 1 aliphatic carbocycles. The molecule has 2 rings (SSSR count). The van der Waals surface area contributed by atoms with Gasteiger partial charge in [0, 0.05) is 6.04 Å². The third-order valence-electron chi connectivity index (χ3n) is 4.18. The van der Waals surface area contributed by atoms with Crippen LogP contribution < -0.4 is 5.32 Å². The van der Waals surface area contributed by atoms with Gasteiger partial charge in [0.25, 0.3) is 0 Å². The minimum atomic E-state index is -4.32. The fraction of sp³-hybridized carbons (Fsp3) is 0.588. The van der Waals surface area contributed by atoms with E-state index in [0.717, 1.165) is 25.3 Å². The molecule has 2 unspecified atom stereocenters. The Kier molecular flexibility index (Phi) is 5.68. The van der Waals surface area contributed by atoms with Gasteiger partial charge in [0.05, 0.1) is 12.1 Å². The minimum absolute atomic E-state index is 0.0373. The van der Waals surface area contributed by atoms with Gasteiger partial charge in [0.15, 0.2) is 0 Å². The summed E-state index contributed by atoms with van der Waals surface area (Å²) in [4.78, 5) is 13.6. The molecule has 0 radical (unpaired) electrons. The van der Waals surface area contributed by atoms with Crippen molar-refractivity contribution in [3.8, 4) is 0 Å². The number of carbonyl (C=O) groups excluding carboxylic acids is 1. The van der Waals surface area contributed by atoms with Crippen molar-refractivity contribution in [2.45, 2.75) is 43.8 Å². The molecule has 6 heteroatoms. The molecule has 128 valence electrons. The quantitative estimate of drug-likeness (QED) is 0.919. The lowest BCUT2D eigenvalue weighted by molar-refractivity contribution is -0.137. The first-order valence-corrected chi connectivity index (χ1v) is 7.87. The van der Waals surface area contributed by atoms with E-state index < -0.39 is 11.7 Å². The molecule has 3 nitrogen and oxygen atoms in total. The van der Waals surface area contributed by atoms with Gasteiger partial charge in [-0.3, -0.25) is 4.79 Å². The molecule has 0 spiro atoms. The lowest BCUT2D eigenvalue weighted by atomic mass is 9.81. The minimum Gasteiger partial charge on any atom is -0.352 e. The number of amides is 1. The summed E-state index contributed by atoms with van der Waals surface area (Å²) in [6, 6.07) is 5.60. The van der Waals surface area contributed by atoms with E-state index >= 15 is 0 Å². The highest BCUT2D eigenvalue weighted by Gasteiger charge is 2.32. The van der Waals surface area contributed by atoms with Crippen molar-refractivity contribution >= 4 is 5.91 Å². The lowest BCUT2D eigenvalue weighted by Gasteiger charge is -2.30. The van der Waals surface area contributed by atoms with Gasteiger partial charge >= 0.3 is 6.18 Å². The Morgan fingerprint density at radius 3 is 2.70 bits per heavy atom. The number of hydrogen-bond donors (Lipinski definition) is 1. The number of halogens is 3. The zero-order chi connectivity index (χ0) is 17.0. The average molecular weight is 328 g/mol. The van der Waals surface area contributed by atoms with Crippen LogP contribution in [0, 0.1) is 0 Å². The molecule has 1 amide bonds. The van der Waals surface area contributed by atoms with Gasteiger partial charge in [0.2, 0.25) is 5.91 Å². The molecule has 0 heterocycles. The first-order chi connectivity index (χ1) is 10.8. The molecule has 2 atom stereocenters. The molecule has 1 saturated carbocycles. The fourth-order valence-corrected chi connectivity index (χ4v) is 3.15. The van der Waals surface area contributed by atoms with Crippen molar-refractivity contribution in [3.63, 3.8) is 0 Å². The Bertz CT molecular complexity index is 543. The number of rotatable bonds is 4. The van der Waals surface area contributed by atoms with Crippen LogP contribution in [0.25, 0.3) is 0 Å². The zero-order valence-corrected chi connectivity index (χ0v) is 13.5.